The molecule has 0 aliphatic rings. The summed E-state index contributed by atoms with van der Waals surface area (Å²) in [5, 5.41) is 27.4. The van der Waals surface area contributed by atoms with Crippen molar-refractivity contribution < 1.29 is 66.8 Å². The van der Waals surface area contributed by atoms with Gasteiger partial charge in [0.15, 0.2) is 0 Å². The van der Waals surface area contributed by atoms with Crippen LogP contribution in [0.4, 0.5) is 0 Å². The van der Waals surface area contributed by atoms with Crippen LogP contribution in [0, 0.1) is 5.41 Å². The third-order valence-corrected chi connectivity index (χ3v) is 7.33. The monoisotopic (exact) mass is 534 g/mol. The summed E-state index contributed by atoms with van der Waals surface area (Å²) in [4.78, 5) is 40.2. The Hall–Kier alpha value is 0.250. The molecule has 0 aromatic heterocycles. The van der Waals surface area contributed by atoms with Crippen LogP contribution >= 0.6 is 23.5 Å². The van der Waals surface area contributed by atoms with E-state index in [1.54, 1.807) is 0 Å². The molecule has 0 spiro atoms. The van der Waals surface area contributed by atoms with E-state index in [1.165, 1.54) is 38.5 Å². The molecule has 0 unspecified atom stereocenters. The van der Waals surface area contributed by atoms with E-state index in [1.807, 2.05) is 0 Å². The van der Waals surface area contributed by atoms with Gasteiger partial charge in [-0.2, -0.15) is 8.62 Å². The second kappa shape index (κ2) is 17.7. The van der Waals surface area contributed by atoms with Gasteiger partial charge in [-0.3, -0.25) is 0 Å². The van der Waals surface area contributed by atoms with Crippen molar-refractivity contribution >= 4 is 23.5 Å². The molecule has 0 amide bonds. The molecule has 17 heteroatoms. The van der Waals surface area contributed by atoms with Gasteiger partial charge < -0.3 is 44.5 Å². The first-order chi connectivity index (χ1) is 14.7. The van der Waals surface area contributed by atoms with Crippen LogP contribution in [0.5, 0.6) is 0 Å². The van der Waals surface area contributed by atoms with Crippen molar-refractivity contribution in [3.05, 3.63) is 0 Å². The second-order valence-electron chi connectivity index (χ2n) is 7.11. The summed E-state index contributed by atoms with van der Waals surface area (Å²) in [5.74, 6) is 0. The van der Waals surface area contributed by atoms with Crippen molar-refractivity contribution in [2.24, 2.45) is 5.41 Å². The van der Waals surface area contributed by atoms with Crippen molar-refractivity contribution in [3.63, 3.8) is 0 Å². The SMILES string of the molecule is CCCCCCCCCCOCC(CO)(CO)CO.O=P(O)(O)OP(=O)(O)OP(=O)(O)O. The van der Waals surface area contributed by atoms with Gasteiger partial charge in [-0.15, -0.1) is 0 Å². The summed E-state index contributed by atoms with van der Waals surface area (Å²) in [7, 11) is -16.2. The van der Waals surface area contributed by atoms with Gasteiger partial charge in [0.1, 0.15) is 0 Å². The first-order valence-corrected chi connectivity index (χ1v) is 14.5. The van der Waals surface area contributed by atoms with E-state index in [2.05, 4.69) is 15.5 Å². The van der Waals surface area contributed by atoms with Crippen LogP contribution in [0.15, 0.2) is 0 Å². The molecule has 0 heterocycles. The molecule has 0 aliphatic heterocycles. The van der Waals surface area contributed by atoms with Crippen molar-refractivity contribution in [1.29, 1.82) is 0 Å². The molecule has 0 radical (unpaired) electrons. The molecule has 32 heavy (non-hydrogen) atoms. The van der Waals surface area contributed by atoms with Crippen LogP contribution in [-0.4, -0.2) is 72.8 Å². The lowest BCUT2D eigenvalue weighted by Crippen LogP contribution is -2.38. The summed E-state index contributed by atoms with van der Waals surface area (Å²) in [5.41, 5.74) is -0.889. The highest BCUT2D eigenvalue weighted by molar-refractivity contribution is 7.66. The van der Waals surface area contributed by atoms with Gasteiger partial charge in [0, 0.05) is 6.61 Å². The first kappa shape index (κ1) is 34.4. The van der Waals surface area contributed by atoms with Crippen molar-refractivity contribution in [2.45, 2.75) is 58.3 Å². The number of unbranched alkanes of at least 4 members (excludes halogenated alkanes) is 7. The third kappa shape index (κ3) is 22.1. The van der Waals surface area contributed by atoms with Gasteiger partial charge in [0.2, 0.25) is 0 Å². The normalized spacial score (nSPS) is 13.0. The third-order valence-electron chi connectivity index (χ3n) is 3.98. The molecule has 0 fully saturated rings. The Morgan fingerprint density at radius 1 is 0.656 bits per heavy atom. The van der Waals surface area contributed by atoms with Gasteiger partial charge in [-0.1, -0.05) is 51.9 Å². The van der Waals surface area contributed by atoms with E-state index in [0.29, 0.717) is 6.61 Å². The maximum absolute atomic E-state index is 10.4. The topological polar surface area (TPSA) is 241 Å². The number of ether oxygens (including phenoxy) is 1. The van der Waals surface area contributed by atoms with E-state index in [-0.39, 0.29) is 26.4 Å². The van der Waals surface area contributed by atoms with E-state index in [9.17, 15) is 13.7 Å². The fraction of sp³-hybridized carbons (Fsp3) is 1.00. The molecule has 0 aliphatic carbocycles. The quantitative estimate of drug-likeness (QED) is 0.0916. The van der Waals surface area contributed by atoms with Gasteiger partial charge in [0.25, 0.3) is 0 Å². The number of phosphoric acid groups is 3. The van der Waals surface area contributed by atoms with Crippen molar-refractivity contribution in [3.8, 4) is 0 Å². The van der Waals surface area contributed by atoms with Crippen LogP contribution in [0.3, 0.4) is 0 Å². The molecular weight excluding hydrogens is 497 g/mol. The average molecular weight is 534 g/mol. The largest absolute Gasteiger partial charge is 0.490 e. The average Bonchev–Trinajstić information content (AvgIpc) is 2.63. The Morgan fingerprint density at radius 3 is 1.38 bits per heavy atom. The number of hydrogen-bond donors (Lipinski definition) is 8. The fourth-order valence-corrected chi connectivity index (χ4v) is 4.74. The van der Waals surface area contributed by atoms with Crippen LogP contribution in [0.2, 0.25) is 0 Å². The fourth-order valence-electron chi connectivity index (χ4n) is 2.20. The predicted octanol–water partition coefficient (Wildman–Crippen LogP) is 1.41. The molecular formula is C15H37O14P3. The summed E-state index contributed by atoms with van der Waals surface area (Å²) in [6.45, 7) is 2.32. The summed E-state index contributed by atoms with van der Waals surface area (Å²) < 4.78 is 41.8. The zero-order valence-corrected chi connectivity index (χ0v) is 20.7. The molecule has 0 bridgehead atoms. The summed E-state index contributed by atoms with van der Waals surface area (Å²) >= 11 is 0. The Labute approximate surface area is 187 Å². The number of rotatable bonds is 18. The highest BCUT2D eigenvalue weighted by Gasteiger charge is 2.38. The molecule has 0 aromatic rings. The molecule has 14 nitrogen and oxygen atoms in total. The molecule has 196 valence electrons. The summed E-state index contributed by atoms with van der Waals surface area (Å²) in [6.07, 6.45) is 10.0. The number of hydrogen-bond acceptors (Lipinski definition) is 9. The van der Waals surface area contributed by atoms with E-state index in [0.717, 1.165) is 12.8 Å². The Balaban J connectivity index is 0. The van der Waals surface area contributed by atoms with Gasteiger partial charge in [-0.05, 0) is 6.42 Å². The maximum Gasteiger partial charge on any atom is 0.490 e. The summed E-state index contributed by atoms with van der Waals surface area (Å²) in [6, 6.07) is 0. The van der Waals surface area contributed by atoms with Gasteiger partial charge in [0.05, 0.1) is 31.8 Å². The molecule has 8 N–H and O–H groups in total. The Bertz CT molecular complexity index is 564. The minimum absolute atomic E-state index is 0.215. The standard InChI is InChI=1S/C15H32O4.H5O10P3/c1-2-3-4-5-6-7-8-9-10-19-14-15(11-16,12-17)13-18;1-11(2,3)9-13(7,8)10-12(4,5)6/h16-18H,2-14H2,1H3;(H,7,8)(H2,1,2,3)(H2,4,5,6). The molecule has 0 rings (SSSR count). The lowest BCUT2D eigenvalue weighted by Gasteiger charge is -2.26. The minimum atomic E-state index is -5.46. The van der Waals surface area contributed by atoms with E-state index >= 15 is 0 Å². The van der Waals surface area contributed by atoms with E-state index < -0.39 is 28.9 Å². The molecule has 0 saturated carbocycles. The lowest BCUT2D eigenvalue weighted by molar-refractivity contribution is -0.0582. The van der Waals surface area contributed by atoms with Gasteiger partial charge >= 0.3 is 23.5 Å². The predicted molar refractivity (Wildman–Crippen MR) is 113 cm³/mol. The van der Waals surface area contributed by atoms with Crippen molar-refractivity contribution in [1.82, 2.24) is 0 Å². The highest BCUT2D eigenvalue weighted by Crippen LogP contribution is 2.64. The minimum Gasteiger partial charge on any atom is -0.396 e. The molecule has 0 atom stereocenters. The lowest BCUT2D eigenvalue weighted by atomic mass is 9.93. The van der Waals surface area contributed by atoms with Crippen LogP contribution in [0.1, 0.15) is 58.3 Å². The van der Waals surface area contributed by atoms with Crippen LogP contribution in [0.25, 0.3) is 0 Å². The van der Waals surface area contributed by atoms with Crippen molar-refractivity contribution in [2.75, 3.05) is 33.0 Å². The molecule has 0 saturated heterocycles. The van der Waals surface area contributed by atoms with E-state index in [4.69, 9.17) is 44.5 Å². The Morgan fingerprint density at radius 2 is 1.03 bits per heavy atom. The maximum atomic E-state index is 10.4. The first-order valence-electron chi connectivity index (χ1n) is 9.93. The number of aliphatic hydroxyl groups is 3. The van der Waals surface area contributed by atoms with Crippen LogP contribution in [-0.2, 0) is 27.1 Å². The number of aliphatic hydroxyl groups excluding tert-OH is 3. The zero-order valence-electron chi connectivity index (χ0n) is 18.1. The smallest absolute Gasteiger partial charge is 0.396 e. The van der Waals surface area contributed by atoms with Crippen LogP contribution < -0.4 is 0 Å². The molecule has 0 aromatic carbocycles. The Kier molecular flexibility index (Phi) is 19.0. The second-order valence-corrected chi connectivity index (χ2v) is 11.3. The highest BCUT2D eigenvalue weighted by atomic mass is 31.3. The zero-order chi connectivity index (χ0) is 25.3. The van der Waals surface area contributed by atoms with Gasteiger partial charge in [-0.25, -0.2) is 13.7 Å².